The number of esters is 1. The van der Waals surface area contributed by atoms with Gasteiger partial charge in [-0.3, -0.25) is 0 Å². The number of rotatable bonds is 5. The van der Waals surface area contributed by atoms with Gasteiger partial charge < -0.3 is 15.7 Å². The Bertz CT molecular complexity index is 650. The second-order valence-corrected chi connectivity index (χ2v) is 5.15. The molecule has 0 bridgehead atoms. The van der Waals surface area contributed by atoms with Gasteiger partial charge in [-0.25, -0.2) is 9.78 Å². The van der Waals surface area contributed by atoms with Crippen LogP contribution in [0.15, 0.2) is 34.8 Å². The topological polar surface area (TPSA) is 97.8 Å². The van der Waals surface area contributed by atoms with Gasteiger partial charge in [-0.05, 0) is 12.5 Å². The van der Waals surface area contributed by atoms with Crippen molar-refractivity contribution in [3.05, 3.63) is 51.5 Å². The van der Waals surface area contributed by atoms with E-state index in [0.29, 0.717) is 24.3 Å². The summed E-state index contributed by atoms with van der Waals surface area (Å²) < 4.78 is 4.90. The molecule has 7 heteroatoms. The number of benzene rings is 1. The summed E-state index contributed by atoms with van der Waals surface area (Å²) >= 11 is 1.41. The number of thiazole rings is 1. The third-order valence-electron chi connectivity index (χ3n) is 2.75. The van der Waals surface area contributed by atoms with Crippen molar-refractivity contribution < 1.29 is 14.7 Å². The first-order valence-corrected chi connectivity index (χ1v) is 7.20. The molecule has 2 rings (SSSR count). The average Bonchev–Trinajstić information content (AvgIpc) is 2.96. The van der Waals surface area contributed by atoms with Crippen LogP contribution in [0.4, 0.5) is 0 Å². The van der Waals surface area contributed by atoms with E-state index >= 15 is 0 Å². The molecule has 0 aliphatic carbocycles. The number of nitrogens with two attached hydrogens (primary N) is 1. The van der Waals surface area contributed by atoms with Crippen molar-refractivity contribution in [1.29, 1.82) is 0 Å². The molecular weight excluding hydrogens is 290 g/mol. The summed E-state index contributed by atoms with van der Waals surface area (Å²) in [5.74, 6) is -0.331. The fourth-order valence-corrected chi connectivity index (χ4v) is 2.51. The van der Waals surface area contributed by atoms with Gasteiger partial charge in [0.1, 0.15) is 0 Å². The number of ether oxygens (including phenoxy) is 1. The molecule has 0 radical (unpaired) electrons. The lowest BCUT2D eigenvalue weighted by atomic mass is 10.1. The van der Waals surface area contributed by atoms with Crippen molar-refractivity contribution in [1.82, 2.24) is 4.98 Å². The molecule has 0 aliphatic rings. The van der Waals surface area contributed by atoms with E-state index in [9.17, 15) is 4.79 Å². The van der Waals surface area contributed by atoms with Gasteiger partial charge in [0, 0.05) is 17.4 Å². The molecule has 1 aromatic heterocycles. The van der Waals surface area contributed by atoms with Gasteiger partial charge in [-0.1, -0.05) is 29.4 Å². The normalized spacial score (nSPS) is 11.4. The van der Waals surface area contributed by atoms with E-state index < -0.39 is 5.97 Å². The van der Waals surface area contributed by atoms with Crippen molar-refractivity contribution in [3.8, 4) is 0 Å². The molecule has 1 aromatic carbocycles. The van der Waals surface area contributed by atoms with E-state index in [-0.39, 0.29) is 5.84 Å². The summed E-state index contributed by atoms with van der Waals surface area (Å²) in [5.41, 5.74) is 7.51. The highest BCUT2D eigenvalue weighted by molar-refractivity contribution is 7.09. The number of hydrogen-bond donors (Lipinski definition) is 2. The monoisotopic (exact) mass is 305 g/mol. The summed E-state index contributed by atoms with van der Waals surface area (Å²) in [6.07, 6.45) is 0.612. The number of carbonyl (C=O) groups is 1. The van der Waals surface area contributed by atoms with Crippen LogP contribution < -0.4 is 5.73 Å². The fourth-order valence-electron chi connectivity index (χ4n) is 1.72. The highest BCUT2D eigenvalue weighted by Crippen LogP contribution is 2.16. The minimum atomic E-state index is -0.401. The predicted molar refractivity (Wildman–Crippen MR) is 79.8 cm³/mol. The highest BCUT2D eigenvalue weighted by Gasteiger charge is 2.11. The summed E-state index contributed by atoms with van der Waals surface area (Å²) in [4.78, 5) is 15.8. The summed E-state index contributed by atoms with van der Waals surface area (Å²) in [5, 5.41) is 14.1. The van der Waals surface area contributed by atoms with Crippen molar-refractivity contribution in [2.45, 2.75) is 13.3 Å². The lowest BCUT2D eigenvalue weighted by Crippen LogP contribution is -2.12. The number of carbonyl (C=O) groups excluding carboxylic acids is 1. The Kier molecular flexibility index (Phi) is 4.89. The van der Waals surface area contributed by atoms with Crippen LogP contribution in [0.25, 0.3) is 0 Å². The molecule has 21 heavy (non-hydrogen) atoms. The van der Waals surface area contributed by atoms with E-state index in [1.807, 2.05) is 12.1 Å². The van der Waals surface area contributed by atoms with Crippen LogP contribution in [0.1, 0.15) is 33.5 Å². The van der Waals surface area contributed by atoms with Crippen LogP contribution in [0.2, 0.25) is 0 Å². The first kappa shape index (κ1) is 15.0. The van der Waals surface area contributed by atoms with Gasteiger partial charge in [0.2, 0.25) is 0 Å². The molecule has 0 unspecified atom stereocenters. The average molecular weight is 305 g/mol. The van der Waals surface area contributed by atoms with Gasteiger partial charge >= 0.3 is 5.97 Å². The Hall–Kier alpha value is -2.41. The molecular formula is C14H15N3O3S. The van der Waals surface area contributed by atoms with Gasteiger partial charge in [0.25, 0.3) is 0 Å². The van der Waals surface area contributed by atoms with Crippen molar-refractivity contribution in [3.63, 3.8) is 0 Å². The largest absolute Gasteiger partial charge is 0.461 e. The molecule has 0 aliphatic heterocycles. The van der Waals surface area contributed by atoms with Crippen molar-refractivity contribution in [2.75, 3.05) is 6.61 Å². The zero-order valence-corrected chi connectivity index (χ0v) is 12.3. The van der Waals surface area contributed by atoms with Crippen LogP contribution in [0.3, 0.4) is 0 Å². The van der Waals surface area contributed by atoms with E-state index in [0.717, 1.165) is 10.6 Å². The Labute approximate surface area is 125 Å². The van der Waals surface area contributed by atoms with Crippen molar-refractivity contribution in [2.24, 2.45) is 10.9 Å². The van der Waals surface area contributed by atoms with Crippen molar-refractivity contribution >= 4 is 23.1 Å². The molecule has 0 amide bonds. The summed E-state index contributed by atoms with van der Waals surface area (Å²) in [6.45, 7) is 2.09. The van der Waals surface area contributed by atoms with Gasteiger partial charge in [0.05, 0.1) is 11.6 Å². The Balaban J connectivity index is 2.07. The molecule has 0 atom stereocenters. The molecule has 0 fully saturated rings. The van der Waals surface area contributed by atoms with E-state index in [1.165, 1.54) is 11.3 Å². The first-order valence-electron chi connectivity index (χ1n) is 6.32. The molecule has 0 saturated carbocycles. The minimum Gasteiger partial charge on any atom is -0.461 e. The lowest BCUT2D eigenvalue weighted by molar-refractivity contribution is 0.0520. The Morgan fingerprint density at radius 3 is 2.76 bits per heavy atom. The molecule has 110 valence electrons. The van der Waals surface area contributed by atoms with Gasteiger partial charge in [-0.15, -0.1) is 11.3 Å². The summed E-state index contributed by atoms with van der Waals surface area (Å²) in [6, 6.07) is 7.28. The molecule has 6 nitrogen and oxygen atoms in total. The van der Waals surface area contributed by atoms with Crippen LogP contribution in [-0.2, 0) is 11.2 Å². The first-order chi connectivity index (χ1) is 10.1. The third kappa shape index (κ3) is 3.79. The lowest BCUT2D eigenvalue weighted by Gasteiger charge is -2.01. The number of aromatic nitrogens is 1. The zero-order chi connectivity index (χ0) is 15.2. The van der Waals surface area contributed by atoms with E-state index in [4.69, 9.17) is 15.7 Å². The minimum absolute atomic E-state index is 0.0698. The molecule has 3 N–H and O–H groups in total. The van der Waals surface area contributed by atoms with Crippen LogP contribution in [0, 0.1) is 0 Å². The maximum absolute atomic E-state index is 11.5. The van der Waals surface area contributed by atoms with Crippen LogP contribution in [-0.4, -0.2) is 28.6 Å². The standard InChI is InChI=1S/C14H15N3O3S/c1-2-20-14(18)11-8-21-12(16-11)7-9-3-5-10(6-4-9)13(15)17-19/h3-6,8,19H,2,7H2,1H3,(H2,15,17). The van der Waals surface area contributed by atoms with E-state index in [2.05, 4.69) is 10.1 Å². The summed E-state index contributed by atoms with van der Waals surface area (Å²) in [7, 11) is 0. The van der Waals surface area contributed by atoms with Crippen LogP contribution >= 0.6 is 11.3 Å². The second-order valence-electron chi connectivity index (χ2n) is 4.21. The molecule has 0 saturated heterocycles. The maximum atomic E-state index is 11.5. The number of hydrogen-bond acceptors (Lipinski definition) is 6. The van der Waals surface area contributed by atoms with Crippen LogP contribution in [0.5, 0.6) is 0 Å². The van der Waals surface area contributed by atoms with Gasteiger partial charge in [0.15, 0.2) is 11.5 Å². The number of amidine groups is 1. The smallest absolute Gasteiger partial charge is 0.357 e. The number of nitrogens with zero attached hydrogens (tertiary/aromatic N) is 2. The maximum Gasteiger partial charge on any atom is 0.357 e. The second kappa shape index (κ2) is 6.85. The SMILES string of the molecule is CCOC(=O)c1csc(Cc2ccc(/C(N)=N\O)cc2)n1. The highest BCUT2D eigenvalue weighted by atomic mass is 32.1. The van der Waals surface area contributed by atoms with E-state index in [1.54, 1.807) is 24.4 Å². The molecule has 0 spiro atoms. The third-order valence-corrected chi connectivity index (χ3v) is 3.60. The predicted octanol–water partition coefficient (Wildman–Crippen LogP) is 2.01. The Morgan fingerprint density at radius 2 is 2.14 bits per heavy atom. The zero-order valence-electron chi connectivity index (χ0n) is 11.4. The van der Waals surface area contributed by atoms with Gasteiger partial charge in [-0.2, -0.15) is 0 Å². The Morgan fingerprint density at radius 1 is 1.43 bits per heavy atom. The quantitative estimate of drug-likeness (QED) is 0.289. The molecule has 1 heterocycles. The number of oxime groups is 1. The molecule has 2 aromatic rings. The fraction of sp³-hybridized carbons (Fsp3) is 0.214.